The van der Waals surface area contributed by atoms with Crippen molar-refractivity contribution in [1.29, 1.82) is 0 Å². The predicted octanol–water partition coefficient (Wildman–Crippen LogP) is 2.56. The lowest BCUT2D eigenvalue weighted by Gasteiger charge is -2.16. The van der Waals surface area contributed by atoms with Gasteiger partial charge in [0.25, 0.3) is 0 Å². The van der Waals surface area contributed by atoms with Gasteiger partial charge in [0.2, 0.25) is 0 Å². The number of aromatic nitrogens is 3. The highest BCUT2D eigenvalue weighted by atomic mass is 79.9. The van der Waals surface area contributed by atoms with Crippen LogP contribution in [0.5, 0.6) is 0 Å². The van der Waals surface area contributed by atoms with Crippen molar-refractivity contribution in [2.45, 2.75) is 25.9 Å². The zero-order valence-electron chi connectivity index (χ0n) is 10.6. The quantitative estimate of drug-likeness (QED) is 0.923. The minimum atomic E-state index is 0.247. The maximum atomic E-state index is 4.32. The van der Waals surface area contributed by atoms with Gasteiger partial charge < -0.3 is 5.32 Å². The molecule has 0 saturated heterocycles. The number of likely N-dealkylation sites (N-methyl/N-ethyl adjacent to an activating group) is 1. The fourth-order valence-electron chi connectivity index (χ4n) is 2.00. The molecule has 96 valence electrons. The Balaban J connectivity index is 2.20. The smallest absolute Gasteiger partial charge is 0.138 e. The van der Waals surface area contributed by atoms with Crippen LogP contribution in [0.1, 0.15) is 24.4 Å². The summed E-state index contributed by atoms with van der Waals surface area (Å²) >= 11 is 3.50. The van der Waals surface area contributed by atoms with Crippen LogP contribution < -0.4 is 5.32 Å². The summed E-state index contributed by atoms with van der Waals surface area (Å²) in [4.78, 5) is 4.32. The van der Waals surface area contributed by atoms with Crippen LogP contribution in [0.15, 0.2) is 35.1 Å². The lowest BCUT2D eigenvalue weighted by atomic mass is 10.0. The number of benzene rings is 1. The Morgan fingerprint density at radius 3 is 2.94 bits per heavy atom. The van der Waals surface area contributed by atoms with Gasteiger partial charge in [-0.2, -0.15) is 5.10 Å². The van der Waals surface area contributed by atoms with E-state index in [-0.39, 0.29) is 6.04 Å². The molecule has 2 aromatic rings. The van der Waals surface area contributed by atoms with Gasteiger partial charge in [0.15, 0.2) is 0 Å². The van der Waals surface area contributed by atoms with E-state index in [2.05, 4.69) is 50.4 Å². The number of hydrogen-bond acceptors (Lipinski definition) is 3. The molecule has 0 bridgehead atoms. The molecule has 4 nitrogen and oxygen atoms in total. The molecule has 0 aliphatic rings. The van der Waals surface area contributed by atoms with Crippen molar-refractivity contribution >= 4 is 15.9 Å². The maximum absolute atomic E-state index is 4.32. The van der Waals surface area contributed by atoms with E-state index in [0.29, 0.717) is 0 Å². The molecular formula is C13H17BrN4. The molecule has 0 fully saturated rings. The number of rotatable bonds is 5. The molecule has 5 heteroatoms. The molecular weight excluding hydrogens is 292 g/mol. The average molecular weight is 309 g/mol. The number of hydrogen-bond donors (Lipinski definition) is 1. The van der Waals surface area contributed by atoms with Crippen LogP contribution in [0, 0.1) is 0 Å². The molecule has 0 radical (unpaired) electrons. The predicted molar refractivity (Wildman–Crippen MR) is 75.3 cm³/mol. The maximum Gasteiger partial charge on any atom is 0.138 e. The first-order valence-corrected chi connectivity index (χ1v) is 6.83. The van der Waals surface area contributed by atoms with Crippen molar-refractivity contribution in [2.24, 2.45) is 0 Å². The van der Waals surface area contributed by atoms with Crippen molar-refractivity contribution in [1.82, 2.24) is 20.1 Å². The minimum absolute atomic E-state index is 0.247. The topological polar surface area (TPSA) is 42.7 Å². The summed E-state index contributed by atoms with van der Waals surface area (Å²) in [5.74, 6) is 1.01. The summed E-state index contributed by atoms with van der Waals surface area (Å²) in [6.07, 6.45) is 2.45. The molecule has 1 unspecified atom stereocenters. The SMILES string of the molecule is CCn1ncnc1CC(NC)c1cccc(Br)c1. The molecule has 1 aromatic heterocycles. The molecule has 1 N–H and O–H groups in total. The van der Waals surface area contributed by atoms with Gasteiger partial charge in [-0.3, -0.25) is 4.68 Å². The highest BCUT2D eigenvalue weighted by Crippen LogP contribution is 2.20. The minimum Gasteiger partial charge on any atom is -0.313 e. The number of halogens is 1. The summed E-state index contributed by atoms with van der Waals surface area (Å²) in [5.41, 5.74) is 1.25. The average Bonchev–Trinajstić information content (AvgIpc) is 2.83. The van der Waals surface area contributed by atoms with Gasteiger partial charge in [-0.25, -0.2) is 4.98 Å². The van der Waals surface area contributed by atoms with E-state index in [1.165, 1.54) is 5.56 Å². The molecule has 0 amide bonds. The van der Waals surface area contributed by atoms with E-state index in [0.717, 1.165) is 23.3 Å². The second-order valence-corrected chi connectivity index (χ2v) is 5.01. The standard InChI is InChI=1S/C13H17BrN4/c1-3-18-13(16-9-17-18)8-12(15-2)10-5-4-6-11(14)7-10/h4-7,9,12,15H,3,8H2,1-2H3. The van der Waals surface area contributed by atoms with Crippen molar-refractivity contribution in [2.75, 3.05) is 7.05 Å². The summed E-state index contributed by atoms with van der Waals surface area (Å²) < 4.78 is 3.03. The third-order valence-corrected chi connectivity index (χ3v) is 3.47. The summed E-state index contributed by atoms with van der Waals surface area (Å²) in [5, 5.41) is 7.53. The Hall–Kier alpha value is -1.20. The van der Waals surface area contributed by atoms with Crippen LogP contribution in [0.25, 0.3) is 0 Å². The molecule has 0 spiro atoms. The van der Waals surface area contributed by atoms with Gasteiger partial charge in [0, 0.05) is 23.5 Å². The van der Waals surface area contributed by atoms with Crippen LogP contribution in [0.2, 0.25) is 0 Å². The van der Waals surface area contributed by atoms with E-state index in [1.54, 1.807) is 6.33 Å². The van der Waals surface area contributed by atoms with Gasteiger partial charge in [0.1, 0.15) is 12.2 Å². The van der Waals surface area contributed by atoms with E-state index < -0.39 is 0 Å². The van der Waals surface area contributed by atoms with Crippen molar-refractivity contribution in [3.63, 3.8) is 0 Å². The Morgan fingerprint density at radius 2 is 2.28 bits per heavy atom. The molecule has 0 aliphatic carbocycles. The normalized spacial score (nSPS) is 12.6. The van der Waals surface area contributed by atoms with E-state index in [4.69, 9.17) is 0 Å². The van der Waals surface area contributed by atoms with Crippen LogP contribution in [0.3, 0.4) is 0 Å². The lowest BCUT2D eigenvalue weighted by molar-refractivity contribution is 0.533. The highest BCUT2D eigenvalue weighted by Gasteiger charge is 2.13. The molecule has 2 rings (SSSR count). The van der Waals surface area contributed by atoms with Gasteiger partial charge in [-0.15, -0.1) is 0 Å². The zero-order chi connectivity index (χ0) is 13.0. The van der Waals surface area contributed by atoms with Crippen LogP contribution in [-0.4, -0.2) is 21.8 Å². The molecule has 0 saturated carbocycles. The molecule has 0 aliphatic heterocycles. The zero-order valence-corrected chi connectivity index (χ0v) is 12.2. The Bertz CT molecular complexity index is 509. The van der Waals surface area contributed by atoms with Crippen molar-refractivity contribution in [3.8, 4) is 0 Å². The second kappa shape index (κ2) is 6.11. The van der Waals surface area contributed by atoms with Gasteiger partial charge in [-0.1, -0.05) is 28.1 Å². The first-order chi connectivity index (χ1) is 8.74. The van der Waals surface area contributed by atoms with E-state index in [9.17, 15) is 0 Å². The monoisotopic (exact) mass is 308 g/mol. The number of nitrogens with one attached hydrogen (secondary N) is 1. The van der Waals surface area contributed by atoms with E-state index >= 15 is 0 Å². The third kappa shape index (κ3) is 2.97. The Morgan fingerprint density at radius 1 is 1.44 bits per heavy atom. The fourth-order valence-corrected chi connectivity index (χ4v) is 2.42. The van der Waals surface area contributed by atoms with Crippen LogP contribution in [-0.2, 0) is 13.0 Å². The van der Waals surface area contributed by atoms with Crippen molar-refractivity contribution in [3.05, 3.63) is 46.5 Å². The first-order valence-electron chi connectivity index (χ1n) is 6.04. The molecule has 1 atom stereocenters. The number of nitrogens with zero attached hydrogens (tertiary/aromatic N) is 3. The van der Waals surface area contributed by atoms with Crippen LogP contribution in [0.4, 0.5) is 0 Å². The molecule has 1 aromatic carbocycles. The summed E-state index contributed by atoms with van der Waals surface area (Å²) in [7, 11) is 1.97. The van der Waals surface area contributed by atoms with Gasteiger partial charge in [0.05, 0.1) is 0 Å². The Kier molecular flexibility index (Phi) is 4.49. The second-order valence-electron chi connectivity index (χ2n) is 4.09. The summed E-state index contributed by atoms with van der Waals surface area (Å²) in [6.45, 7) is 2.93. The van der Waals surface area contributed by atoms with Crippen LogP contribution >= 0.6 is 15.9 Å². The van der Waals surface area contributed by atoms with Crippen molar-refractivity contribution < 1.29 is 0 Å². The third-order valence-electron chi connectivity index (χ3n) is 2.98. The van der Waals surface area contributed by atoms with Gasteiger partial charge in [-0.05, 0) is 31.7 Å². The lowest BCUT2D eigenvalue weighted by Crippen LogP contribution is -2.21. The summed E-state index contributed by atoms with van der Waals surface area (Å²) in [6, 6.07) is 8.59. The number of aryl methyl sites for hydroxylation is 1. The van der Waals surface area contributed by atoms with E-state index in [1.807, 2.05) is 23.9 Å². The van der Waals surface area contributed by atoms with Gasteiger partial charge >= 0.3 is 0 Å². The fraction of sp³-hybridized carbons (Fsp3) is 0.385. The highest BCUT2D eigenvalue weighted by molar-refractivity contribution is 9.10. The Labute approximate surface area is 116 Å². The first kappa shape index (κ1) is 13.2. The molecule has 1 heterocycles. The largest absolute Gasteiger partial charge is 0.313 e. The molecule has 18 heavy (non-hydrogen) atoms.